The average Bonchev–Trinajstić information content (AvgIpc) is 2.35. The first-order chi connectivity index (χ1) is 7.67. The molecule has 88 valence electrons. The summed E-state index contributed by atoms with van der Waals surface area (Å²) in [4.78, 5) is 11.7. The summed E-state index contributed by atoms with van der Waals surface area (Å²) in [7, 11) is 1.63. The van der Waals surface area contributed by atoms with Gasteiger partial charge in [-0.3, -0.25) is 4.79 Å². The highest BCUT2D eigenvalue weighted by Crippen LogP contribution is 2.04. The number of hydrogen-bond donors (Lipinski definition) is 1. The fourth-order valence-corrected chi connectivity index (χ4v) is 1.31. The summed E-state index contributed by atoms with van der Waals surface area (Å²) in [5, 5.41) is 2.82. The van der Waals surface area contributed by atoms with E-state index in [4.69, 9.17) is 4.74 Å². The van der Waals surface area contributed by atoms with E-state index in [-0.39, 0.29) is 12.0 Å². The van der Waals surface area contributed by atoms with Crippen molar-refractivity contribution in [3.8, 4) is 0 Å². The predicted octanol–water partition coefficient (Wildman–Crippen LogP) is 2.01. The van der Waals surface area contributed by atoms with E-state index in [0.29, 0.717) is 12.1 Å². The largest absolute Gasteiger partial charge is 0.380 e. The third-order valence-electron chi connectivity index (χ3n) is 2.58. The van der Waals surface area contributed by atoms with Crippen LogP contribution in [0.4, 0.5) is 0 Å². The van der Waals surface area contributed by atoms with E-state index >= 15 is 0 Å². The van der Waals surface area contributed by atoms with Gasteiger partial charge in [0.2, 0.25) is 0 Å². The number of ether oxygens (including phenoxy) is 1. The Morgan fingerprint density at radius 2 is 2.00 bits per heavy atom. The number of carbonyl (C=O) groups is 1. The highest BCUT2D eigenvalue weighted by Gasteiger charge is 2.06. The van der Waals surface area contributed by atoms with Crippen LogP contribution in [0, 0.1) is 0 Å². The van der Waals surface area contributed by atoms with Crippen molar-refractivity contribution < 1.29 is 9.53 Å². The maximum atomic E-state index is 11.7. The second kappa shape index (κ2) is 6.28. The zero-order valence-corrected chi connectivity index (χ0v) is 10.1. The van der Waals surface area contributed by atoms with Gasteiger partial charge in [0.15, 0.2) is 0 Å². The summed E-state index contributed by atoms with van der Waals surface area (Å²) in [5.41, 5.74) is 1.93. The molecule has 0 saturated carbocycles. The van der Waals surface area contributed by atoms with Gasteiger partial charge in [-0.25, -0.2) is 0 Å². The van der Waals surface area contributed by atoms with Crippen molar-refractivity contribution in [3.63, 3.8) is 0 Å². The Morgan fingerprint density at radius 1 is 1.38 bits per heavy atom. The zero-order chi connectivity index (χ0) is 12.0. The number of rotatable bonds is 5. The Bertz CT molecular complexity index is 332. The lowest BCUT2D eigenvalue weighted by molar-refractivity contribution is 0.0870. The van der Waals surface area contributed by atoms with Crippen LogP contribution in [0.5, 0.6) is 0 Å². The molecule has 0 saturated heterocycles. The lowest BCUT2D eigenvalue weighted by Crippen LogP contribution is -2.31. The molecule has 1 unspecified atom stereocenters. The first-order valence-corrected chi connectivity index (χ1v) is 5.57. The van der Waals surface area contributed by atoms with E-state index in [9.17, 15) is 4.79 Å². The van der Waals surface area contributed by atoms with Crippen LogP contribution in [0.25, 0.3) is 0 Å². The van der Waals surface area contributed by atoms with Gasteiger partial charge in [0.05, 0.1) is 6.10 Å². The van der Waals surface area contributed by atoms with Gasteiger partial charge in [0.25, 0.3) is 5.91 Å². The SMILES string of the molecule is CCc1ccc(C(=O)NCC(C)OC)cc1. The zero-order valence-electron chi connectivity index (χ0n) is 10.1. The molecule has 0 spiro atoms. The first-order valence-electron chi connectivity index (χ1n) is 5.57. The number of amides is 1. The Kier molecular flexibility index (Phi) is 4.99. The van der Waals surface area contributed by atoms with Crippen molar-refractivity contribution in [2.75, 3.05) is 13.7 Å². The summed E-state index contributed by atoms with van der Waals surface area (Å²) in [6.45, 7) is 4.54. The molecule has 0 radical (unpaired) electrons. The lowest BCUT2D eigenvalue weighted by atomic mass is 10.1. The van der Waals surface area contributed by atoms with Crippen molar-refractivity contribution in [2.45, 2.75) is 26.4 Å². The maximum absolute atomic E-state index is 11.7. The van der Waals surface area contributed by atoms with E-state index in [0.717, 1.165) is 6.42 Å². The molecule has 0 bridgehead atoms. The van der Waals surface area contributed by atoms with Crippen molar-refractivity contribution in [1.29, 1.82) is 0 Å². The quantitative estimate of drug-likeness (QED) is 0.826. The standard InChI is InChI=1S/C13H19NO2/c1-4-11-5-7-12(8-6-11)13(15)14-9-10(2)16-3/h5-8,10H,4,9H2,1-3H3,(H,14,15). The molecule has 0 aliphatic heterocycles. The minimum Gasteiger partial charge on any atom is -0.380 e. The molecule has 1 rings (SSSR count). The Balaban J connectivity index is 2.52. The van der Waals surface area contributed by atoms with Crippen molar-refractivity contribution in [2.24, 2.45) is 0 Å². The van der Waals surface area contributed by atoms with Crippen LogP contribution < -0.4 is 5.32 Å². The minimum atomic E-state index is -0.0495. The van der Waals surface area contributed by atoms with Gasteiger partial charge in [-0.1, -0.05) is 19.1 Å². The highest BCUT2D eigenvalue weighted by atomic mass is 16.5. The lowest BCUT2D eigenvalue weighted by Gasteiger charge is -2.10. The van der Waals surface area contributed by atoms with Crippen LogP contribution in [0.3, 0.4) is 0 Å². The van der Waals surface area contributed by atoms with Crippen molar-refractivity contribution >= 4 is 5.91 Å². The van der Waals surface area contributed by atoms with Crippen LogP contribution in [0.15, 0.2) is 24.3 Å². The van der Waals surface area contributed by atoms with E-state index < -0.39 is 0 Å². The molecular formula is C13H19NO2. The number of benzene rings is 1. The topological polar surface area (TPSA) is 38.3 Å². The molecule has 1 N–H and O–H groups in total. The number of hydrogen-bond acceptors (Lipinski definition) is 2. The molecule has 1 atom stereocenters. The first kappa shape index (κ1) is 12.7. The van der Waals surface area contributed by atoms with Crippen LogP contribution in [0.1, 0.15) is 29.8 Å². The molecule has 1 aromatic carbocycles. The fourth-order valence-electron chi connectivity index (χ4n) is 1.31. The number of nitrogens with one attached hydrogen (secondary N) is 1. The van der Waals surface area contributed by atoms with Gasteiger partial charge in [-0.2, -0.15) is 0 Å². The highest BCUT2D eigenvalue weighted by molar-refractivity contribution is 5.94. The van der Waals surface area contributed by atoms with Crippen molar-refractivity contribution in [1.82, 2.24) is 5.32 Å². The van der Waals surface area contributed by atoms with Crippen LogP contribution >= 0.6 is 0 Å². The molecule has 3 heteroatoms. The Labute approximate surface area is 96.8 Å². The molecule has 3 nitrogen and oxygen atoms in total. The van der Waals surface area contributed by atoms with E-state index in [2.05, 4.69) is 12.2 Å². The summed E-state index contributed by atoms with van der Waals surface area (Å²) in [6, 6.07) is 7.67. The fraction of sp³-hybridized carbons (Fsp3) is 0.462. The monoisotopic (exact) mass is 221 g/mol. The smallest absolute Gasteiger partial charge is 0.251 e. The van der Waals surface area contributed by atoms with Crippen LogP contribution in [0.2, 0.25) is 0 Å². The van der Waals surface area contributed by atoms with Crippen LogP contribution in [-0.2, 0) is 11.2 Å². The molecule has 1 aromatic rings. The van der Waals surface area contributed by atoms with Gasteiger partial charge in [-0.15, -0.1) is 0 Å². The van der Waals surface area contributed by atoms with Gasteiger partial charge < -0.3 is 10.1 Å². The molecule has 0 heterocycles. The van der Waals surface area contributed by atoms with Crippen molar-refractivity contribution in [3.05, 3.63) is 35.4 Å². The summed E-state index contributed by atoms with van der Waals surface area (Å²) >= 11 is 0. The average molecular weight is 221 g/mol. The molecule has 0 fully saturated rings. The summed E-state index contributed by atoms with van der Waals surface area (Å²) < 4.78 is 5.06. The molecule has 0 aliphatic carbocycles. The normalized spacial score (nSPS) is 12.2. The van der Waals surface area contributed by atoms with Gasteiger partial charge >= 0.3 is 0 Å². The molecule has 0 aromatic heterocycles. The molecule has 0 aliphatic rings. The summed E-state index contributed by atoms with van der Waals surface area (Å²) in [6.07, 6.45) is 1.03. The number of aryl methyl sites for hydroxylation is 1. The number of methoxy groups -OCH3 is 1. The molecule has 16 heavy (non-hydrogen) atoms. The Morgan fingerprint density at radius 3 is 2.50 bits per heavy atom. The van der Waals surface area contributed by atoms with E-state index in [1.165, 1.54) is 5.56 Å². The second-order valence-corrected chi connectivity index (χ2v) is 3.81. The van der Waals surface area contributed by atoms with Crippen LogP contribution in [-0.4, -0.2) is 25.7 Å². The van der Waals surface area contributed by atoms with Gasteiger partial charge in [-0.05, 0) is 31.0 Å². The molecular weight excluding hydrogens is 202 g/mol. The Hall–Kier alpha value is -1.35. The second-order valence-electron chi connectivity index (χ2n) is 3.81. The predicted molar refractivity (Wildman–Crippen MR) is 64.6 cm³/mol. The third kappa shape index (κ3) is 3.66. The maximum Gasteiger partial charge on any atom is 0.251 e. The minimum absolute atomic E-state index is 0.0406. The van der Waals surface area contributed by atoms with Gasteiger partial charge in [0, 0.05) is 19.2 Å². The molecule has 1 amide bonds. The number of carbonyl (C=O) groups excluding carboxylic acids is 1. The van der Waals surface area contributed by atoms with E-state index in [1.54, 1.807) is 7.11 Å². The summed E-state index contributed by atoms with van der Waals surface area (Å²) in [5.74, 6) is -0.0495. The van der Waals surface area contributed by atoms with Gasteiger partial charge in [0.1, 0.15) is 0 Å². The van der Waals surface area contributed by atoms with E-state index in [1.807, 2.05) is 31.2 Å². The third-order valence-corrected chi connectivity index (χ3v) is 2.58.